The number of pyridine rings is 1. The number of benzene rings is 1. The Balaban J connectivity index is 1.97. The molecule has 0 aliphatic heterocycles. The average molecular weight is 339 g/mol. The number of rotatable bonds is 2. The predicted octanol–water partition coefficient (Wildman–Crippen LogP) is 3.06. The first-order valence-corrected chi connectivity index (χ1v) is 7.53. The lowest BCUT2D eigenvalue weighted by Crippen LogP contribution is -2.32. The zero-order valence-corrected chi connectivity index (χ0v) is 13.1. The number of nitrogens with zero attached hydrogens (tertiary/aromatic N) is 4. The SMILES string of the molecule is [O-][n+]1c(O)c(-c2cccnc2)c2nc(-c3ccc(Cl)cc3)ccn21. The summed E-state index contributed by atoms with van der Waals surface area (Å²) < 4.78 is 1.25. The fraction of sp³-hybridized carbons (Fsp3) is 0. The molecule has 0 aliphatic carbocycles. The summed E-state index contributed by atoms with van der Waals surface area (Å²) in [6.07, 6.45) is 4.77. The Morgan fingerprint density at radius 3 is 2.58 bits per heavy atom. The van der Waals surface area contributed by atoms with Crippen molar-refractivity contribution >= 4 is 17.2 Å². The molecule has 4 rings (SSSR count). The van der Waals surface area contributed by atoms with Gasteiger partial charge in [-0.15, -0.1) is 0 Å². The summed E-state index contributed by atoms with van der Waals surface area (Å²) in [7, 11) is 0. The van der Waals surface area contributed by atoms with Crippen molar-refractivity contribution in [3.8, 4) is 28.3 Å². The minimum Gasteiger partial charge on any atom is -0.593 e. The van der Waals surface area contributed by atoms with E-state index in [4.69, 9.17) is 11.6 Å². The molecule has 4 aromatic rings. The molecular weight excluding hydrogens is 328 g/mol. The minimum absolute atomic E-state index is 0.342. The molecule has 0 fully saturated rings. The van der Waals surface area contributed by atoms with Gasteiger partial charge in [-0.2, -0.15) is 0 Å². The van der Waals surface area contributed by atoms with Crippen LogP contribution >= 0.6 is 11.6 Å². The first-order valence-electron chi connectivity index (χ1n) is 7.15. The van der Waals surface area contributed by atoms with Crippen LogP contribution in [0.3, 0.4) is 0 Å². The van der Waals surface area contributed by atoms with Crippen LogP contribution in [0, 0.1) is 5.21 Å². The van der Waals surface area contributed by atoms with E-state index in [0.717, 1.165) is 5.56 Å². The van der Waals surface area contributed by atoms with Gasteiger partial charge in [-0.25, -0.2) is 4.98 Å². The Morgan fingerprint density at radius 2 is 1.88 bits per heavy atom. The maximum atomic E-state index is 12.2. The highest BCUT2D eigenvalue weighted by Crippen LogP contribution is 2.31. The molecule has 3 heterocycles. The van der Waals surface area contributed by atoms with Crippen LogP contribution in [0.15, 0.2) is 61.1 Å². The minimum atomic E-state index is -0.413. The zero-order valence-electron chi connectivity index (χ0n) is 12.3. The summed E-state index contributed by atoms with van der Waals surface area (Å²) >= 11 is 5.91. The van der Waals surface area contributed by atoms with E-state index in [9.17, 15) is 10.3 Å². The van der Waals surface area contributed by atoms with Crippen molar-refractivity contribution in [1.82, 2.24) is 14.5 Å². The topological polar surface area (TPSA) is 77.4 Å². The lowest BCUT2D eigenvalue weighted by molar-refractivity contribution is -0.682. The molecule has 0 unspecified atom stereocenters. The summed E-state index contributed by atoms with van der Waals surface area (Å²) in [6, 6.07) is 12.4. The van der Waals surface area contributed by atoms with E-state index in [1.807, 2.05) is 12.1 Å². The van der Waals surface area contributed by atoms with Crippen LogP contribution in [0.2, 0.25) is 5.02 Å². The van der Waals surface area contributed by atoms with Gasteiger partial charge in [0.05, 0.1) is 11.9 Å². The molecule has 0 radical (unpaired) electrons. The predicted molar refractivity (Wildman–Crippen MR) is 89.5 cm³/mol. The second kappa shape index (κ2) is 5.50. The number of fused-ring (bicyclic) bond motifs is 1. The number of aromatic nitrogens is 4. The van der Waals surface area contributed by atoms with Gasteiger partial charge in [-0.05, 0) is 29.1 Å². The highest BCUT2D eigenvalue weighted by atomic mass is 35.5. The van der Waals surface area contributed by atoms with Gasteiger partial charge in [0, 0.05) is 28.5 Å². The first kappa shape index (κ1) is 14.5. The second-order valence-corrected chi connectivity index (χ2v) is 5.64. The van der Waals surface area contributed by atoms with Crippen LogP contribution in [-0.4, -0.2) is 19.6 Å². The summed E-state index contributed by atoms with van der Waals surface area (Å²) in [4.78, 5) is 8.98. The van der Waals surface area contributed by atoms with Crippen molar-refractivity contribution in [1.29, 1.82) is 0 Å². The van der Waals surface area contributed by atoms with Crippen LogP contribution in [-0.2, 0) is 0 Å². The molecule has 0 saturated carbocycles. The number of halogens is 1. The third kappa shape index (κ3) is 2.24. The van der Waals surface area contributed by atoms with Gasteiger partial charge in [0.1, 0.15) is 5.56 Å². The number of hydrogen-bond donors (Lipinski definition) is 1. The van der Waals surface area contributed by atoms with Crippen molar-refractivity contribution in [3.05, 3.63) is 71.3 Å². The molecule has 0 saturated heterocycles. The number of aromatic hydroxyl groups is 1. The lowest BCUT2D eigenvalue weighted by Gasteiger charge is -2.02. The molecule has 7 heteroatoms. The number of hydrogen-bond acceptors (Lipinski definition) is 4. The molecule has 0 aliphatic rings. The third-order valence-corrected chi connectivity index (χ3v) is 3.98. The normalized spacial score (nSPS) is 11.0. The van der Waals surface area contributed by atoms with Crippen molar-refractivity contribution in [2.75, 3.05) is 0 Å². The monoisotopic (exact) mass is 338 g/mol. The van der Waals surface area contributed by atoms with Crippen LogP contribution in [0.1, 0.15) is 0 Å². The summed E-state index contributed by atoms with van der Waals surface area (Å²) in [5, 5.41) is 23.0. The third-order valence-electron chi connectivity index (χ3n) is 3.73. The summed E-state index contributed by atoms with van der Waals surface area (Å²) in [5.74, 6) is -0.413. The Bertz CT molecular complexity index is 1030. The quantitative estimate of drug-likeness (QED) is 0.450. The standard InChI is InChI=1S/C17H11ClN4O2/c18-13-5-3-11(4-6-13)14-7-9-21-16(20-14)15(17(23)22(21)24)12-2-1-8-19-10-12/h1-10,23H. The highest BCUT2D eigenvalue weighted by molar-refractivity contribution is 6.30. The van der Waals surface area contributed by atoms with E-state index in [1.165, 1.54) is 4.52 Å². The second-order valence-electron chi connectivity index (χ2n) is 5.20. The van der Waals surface area contributed by atoms with Crippen molar-refractivity contribution in [3.63, 3.8) is 0 Å². The molecule has 0 atom stereocenters. The van der Waals surface area contributed by atoms with E-state index in [-0.39, 0.29) is 0 Å². The Morgan fingerprint density at radius 1 is 1.08 bits per heavy atom. The summed E-state index contributed by atoms with van der Waals surface area (Å²) in [6.45, 7) is 0. The fourth-order valence-electron chi connectivity index (χ4n) is 2.58. The van der Waals surface area contributed by atoms with Crippen LogP contribution < -0.4 is 4.85 Å². The van der Waals surface area contributed by atoms with E-state index < -0.39 is 5.88 Å². The van der Waals surface area contributed by atoms with Gasteiger partial charge in [0.25, 0.3) is 0 Å². The fourth-order valence-corrected chi connectivity index (χ4v) is 2.71. The van der Waals surface area contributed by atoms with Crippen molar-refractivity contribution in [2.45, 2.75) is 0 Å². The Hall–Kier alpha value is -3.12. The van der Waals surface area contributed by atoms with Crippen LogP contribution in [0.4, 0.5) is 0 Å². The van der Waals surface area contributed by atoms with Crippen molar-refractivity contribution in [2.24, 2.45) is 0 Å². The Kier molecular flexibility index (Phi) is 3.32. The first-order chi connectivity index (χ1) is 11.6. The van der Waals surface area contributed by atoms with E-state index in [2.05, 4.69) is 9.97 Å². The Labute approximate surface area is 141 Å². The van der Waals surface area contributed by atoms with Gasteiger partial charge in [0.2, 0.25) is 5.65 Å². The molecule has 24 heavy (non-hydrogen) atoms. The van der Waals surface area contributed by atoms with E-state index in [1.54, 1.807) is 48.9 Å². The van der Waals surface area contributed by atoms with Crippen molar-refractivity contribution < 1.29 is 9.95 Å². The highest BCUT2D eigenvalue weighted by Gasteiger charge is 2.25. The molecule has 0 spiro atoms. The van der Waals surface area contributed by atoms with Gasteiger partial charge in [0.15, 0.2) is 0 Å². The van der Waals surface area contributed by atoms with Gasteiger partial charge >= 0.3 is 5.88 Å². The molecule has 0 bridgehead atoms. The smallest absolute Gasteiger partial charge is 0.414 e. The molecule has 1 aromatic carbocycles. The molecule has 118 valence electrons. The van der Waals surface area contributed by atoms with Gasteiger partial charge in [-0.1, -0.05) is 34.3 Å². The molecule has 3 aromatic heterocycles. The summed E-state index contributed by atoms with van der Waals surface area (Å²) in [5.41, 5.74) is 2.83. The molecule has 0 amide bonds. The van der Waals surface area contributed by atoms with Crippen LogP contribution in [0.5, 0.6) is 5.88 Å². The molecule has 1 N–H and O–H groups in total. The molecule has 6 nitrogen and oxygen atoms in total. The largest absolute Gasteiger partial charge is 0.593 e. The van der Waals surface area contributed by atoms with E-state index >= 15 is 0 Å². The van der Waals surface area contributed by atoms with E-state index in [0.29, 0.717) is 32.3 Å². The zero-order chi connectivity index (χ0) is 16.7. The van der Waals surface area contributed by atoms with Crippen LogP contribution in [0.25, 0.3) is 28.0 Å². The average Bonchev–Trinajstić information content (AvgIpc) is 2.87. The maximum absolute atomic E-state index is 12.2. The molecular formula is C17H11ClN4O2. The van der Waals surface area contributed by atoms with Gasteiger partial charge < -0.3 is 10.3 Å². The van der Waals surface area contributed by atoms with Gasteiger partial charge in [-0.3, -0.25) is 4.98 Å². The maximum Gasteiger partial charge on any atom is 0.414 e. The lowest BCUT2D eigenvalue weighted by atomic mass is 10.1.